The molecule has 3 N–H and O–H groups in total. The van der Waals surface area contributed by atoms with E-state index in [4.69, 9.17) is 37.0 Å². The molecule has 534 valence electrons. The molecule has 17 nitrogen and oxygen atoms in total. The van der Waals surface area contributed by atoms with Crippen LogP contribution in [0.15, 0.2) is 0 Å². The van der Waals surface area contributed by atoms with Gasteiger partial charge in [0.15, 0.2) is 12.2 Å². The van der Waals surface area contributed by atoms with Gasteiger partial charge in [-0.1, -0.05) is 317 Å². The van der Waals surface area contributed by atoms with Crippen LogP contribution in [-0.4, -0.2) is 96.7 Å². The third-order valence-corrected chi connectivity index (χ3v) is 18.4. The highest BCUT2D eigenvalue weighted by Gasteiger charge is 2.30. The second-order valence-electron chi connectivity index (χ2n) is 26.1. The van der Waals surface area contributed by atoms with Gasteiger partial charge in [0.2, 0.25) is 0 Å². The third kappa shape index (κ3) is 64.8. The Morgan fingerprint density at radius 3 is 0.756 bits per heavy atom. The van der Waals surface area contributed by atoms with Crippen molar-refractivity contribution in [3.8, 4) is 0 Å². The number of carbonyl (C=O) groups excluding carboxylic acids is 4. The SMILES string of the molecule is CCCCCCCCCCCCCCCCCCC(=O)O[C@H](COC(=O)CCCCCCCCCCCCCC(C)C)COP(=O)(O)OC[C@@H](O)COP(=O)(O)OC[C@@H](COC(=O)CCCCCCCCCCCC)OC(=O)CCCCCCCCCCCC. The van der Waals surface area contributed by atoms with E-state index in [1.54, 1.807) is 0 Å². The minimum absolute atomic E-state index is 0.107. The maximum atomic E-state index is 13.0. The van der Waals surface area contributed by atoms with Crippen molar-refractivity contribution in [1.29, 1.82) is 0 Å². The Bertz CT molecular complexity index is 1740. The van der Waals surface area contributed by atoms with Crippen molar-refractivity contribution in [3.63, 3.8) is 0 Å². The van der Waals surface area contributed by atoms with Crippen molar-refractivity contribution in [3.05, 3.63) is 0 Å². The van der Waals surface area contributed by atoms with Gasteiger partial charge in [-0.2, -0.15) is 0 Å². The van der Waals surface area contributed by atoms with Gasteiger partial charge in [-0.05, 0) is 31.6 Å². The number of phosphoric ester groups is 2. The fourth-order valence-corrected chi connectivity index (χ4v) is 12.4. The third-order valence-electron chi connectivity index (χ3n) is 16.5. The van der Waals surface area contributed by atoms with E-state index in [0.29, 0.717) is 25.7 Å². The summed E-state index contributed by atoms with van der Waals surface area (Å²) in [7, 11) is -9.90. The van der Waals surface area contributed by atoms with E-state index in [0.717, 1.165) is 95.8 Å². The first-order valence-electron chi connectivity index (χ1n) is 37.1. The summed E-state index contributed by atoms with van der Waals surface area (Å²) in [5.41, 5.74) is 0. The van der Waals surface area contributed by atoms with Crippen LogP contribution in [0.5, 0.6) is 0 Å². The molecule has 0 amide bonds. The number of aliphatic hydroxyl groups is 1. The summed E-state index contributed by atoms with van der Waals surface area (Å²) in [4.78, 5) is 72.5. The quantitative estimate of drug-likeness (QED) is 0.0222. The standard InChI is InChI=1S/C71H138O17P2/c1-6-9-12-15-18-21-24-25-26-27-28-31-37-42-47-52-57-71(76)88-67(61-82-69(74)55-50-45-40-36-32-29-30-33-38-43-48-53-64(4)5)63-86-90(79,80)84-59-65(72)58-83-89(77,78)85-62-66(87-70(75)56-51-46-41-35-23-20-17-14-11-8-3)60-81-68(73)54-49-44-39-34-22-19-16-13-10-7-2/h64-67,72H,6-63H2,1-5H3,(H,77,78)(H,79,80)/t65-,66+,67+/m0/s1. The largest absolute Gasteiger partial charge is 0.472 e. The number of hydrogen-bond donors (Lipinski definition) is 3. The van der Waals surface area contributed by atoms with Crippen molar-refractivity contribution >= 4 is 39.5 Å². The first kappa shape index (κ1) is 88.1. The normalized spacial score (nSPS) is 14.1. The molecular weight excluding hydrogens is 1190 g/mol. The van der Waals surface area contributed by atoms with Gasteiger partial charge in [0.05, 0.1) is 26.4 Å². The van der Waals surface area contributed by atoms with Gasteiger partial charge in [-0.3, -0.25) is 37.3 Å². The van der Waals surface area contributed by atoms with Gasteiger partial charge in [0.25, 0.3) is 0 Å². The zero-order chi connectivity index (χ0) is 66.3. The average Bonchev–Trinajstić information content (AvgIpc) is 3.48. The van der Waals surface area contributed by atoms with E-state index < -0.39 is 97.5 Å². The number of ether oxygens (including phenoxy) is 4. The van der Waals surface area contributed by atoms with E-state index in [2.05, 4.69) is 34.6 Å². The van der Waals surface area contributed by atoms with Gasteiger partial charge >= 0.3 is 39.5 Å². The number of unbranched alkanes of at least 4 members (excludes halogenated alkanes) is 43. The van der Waals surface area contributed by atoms with Crippen LogP contribution in [-0.2, 0) is 65.4 Å². The molecule has 0 aliphatic heterocycles. The van der Waals surface area contributed by atoms with Crippen LogP contribution in [0.4, 0.5) is 0 Å². The van der Waals surface area contributed by atoms with Crippen LogP contribution in [0.1, 0.15) is 369 Å². The molecule has 0 radical (unpaired) electrons. The molecule has 5 atom stereocenters. The zero-order valence-electron chi connectivity index (χ0n) is 58.3. The number of carbonyl (C=O) groups is 4. The molecule has 0 bridgehead atoms. The fraction of sp³-hybridized carbons (Fsp3) is 0.944. The summed E-state index contributed by atoms with van der Waals surface area (Å²) in [5, 5.41) is 10.6. The molecule has 0 fully saturated rings. The number of aliphatic hydroxyl groups excluding tert-OH is 1. The minimum atomic E-state index is -4.95. The summed E-state index contributed by atoms with van der Waals surface area (Å²) in [5.74, 6) is -1.35. The Balaban J connectivity index is 5.23. The molecule has 0 aromatic rings. The van der Waals surface area contributed by atoms with Crippen molar-refractivity contribution in [2.75, 3.05) is 39.6 Å². The number of phosphoric acid groups is 2. The molecule has 0 saturated heterocycles. The Morgan fingerprint density at radius 2 is 0.511 bits per heavy atom. The highest BCUT2D eigenvalue weighted by molar-refractivity contribution is 7.47. The van der Waals surface area contributed by atoms with Crippen LogP contribution in [0, 0.1) is 5.92 Å². The average molecular weight is 1330 g/mol. The first-order valence-corrected chi connectivity index (χ1v) is 40.1. The van der Waals surface area contributed by atoms with Gasteiger partial charge in [0, 0.05) is 25.7 Å². The molecule has 90 heavy (non-hydrogen) atoms. The molecule has 0 aromatic heterocycles. The Kier molecular flexibility index (Phi) is 63.0. The minimum Gasteiger partial charge on any atom is -0.462 e. The molecule has 0 heterocycles. The lowest BCUT2D eigenvalue weighted by molar-refractivity contribution is -0.161. The second kappa shape index (κ2) is 64.4. The summed E-state index contributed by atoms with van der Waals surface area (Å²) in [6.07, 6.45) is 51.2. The van der Waals surface area contributed by atoms with Crippen LogP contribution >= 0.6 is 15.6 Å². The van der Waals surface area contributed by atoms with Gasteiger partial charge in [-0.15, -0.1) is 0 Å². The number of esters is 4. The van der Waals surface area contributed by atoms with Gasteiger partial charge < -0.3 is 33.8 Å². The highest BCUT2D eigenvalue weighted by atomic mass is 31.2. The Hall–Kier alpha value is -1.94. The van der Waals surface area contributed by atoms with E-state index in [-0.39, 0.29) is 25.7 Å². The summed E-state index contributed by atoms with van der Waals surface area (Å²) >= 11 is 0. The topological polar surface area (TPSA) is 237 Å². The summed E-state index contributed by atoms with van der Waals surface area (Å²) < 4.78 is 68.3. The molecule has 0 aliphatic rings. The molecule has 2 unspecified atom stereocenters. The smallest absolute Gasteiger partial charge is 0.462 e. The predicted molar refractivity (Wildman–Crippen MR) is 363 cm³/mol. The molecule has 0 aliphatic carbocycles. The highest BCUT2D eigenvalue weighted by Crippen LogP contribution is 2.45. The van der Waals surface area contributed by atoms with Crippen LogP contribution < -0.4 is 0 Å². The van der Waals surface area contributed by atoms with Gasteiger partial charge in [-0.25, -0.2) is 9.13 Å². The summed E-state index contributed by atoms with van der Waals surface area (Å²) in [6, 6.07) is 0. The zero-order valence-corrected chi connectivity index (χ0v) is 60.1. The Labute approximate surface area is 549 Å². The lowest BCUT2D eigenvalue weighted by Gasteiger charge is -2.21. The van der Waals surface area contributed by atoms with Crippen molar-refractivity contribution in [2.45, 2.75) is 387 Å². The predicted octanol–water partition coefficient (Wildman–Crippen LogP) is 20.5. The van der Waals surface area contributed by atoms with Crippen LogP contribution in [0.25, 0.3) is 0 Å². The molecule has 0 aromatic carbocycles. The number of rotatable bonds is 71. The van der Waals surface area contributed by atoms with Gasteiger partial charge in [0.1, 0.15) is 19.3 Å². The molecular formula is C71H138O17P2. The second-order valence-corrected chi connectivity index (χ2v) is 29.0. The lowest BCUT2D eigenvalue weighted by atomic mass is 10.0. The fourth-order valence-electron chi connectivity index (χ4n) is 10.8. The molecule has 0 spiro atoms. The monoisotopic (exact) mass is 1320 g/mol. The van der Waals surface area contributed by atoms with E-state index >= 15 is 0 Å². The number of hydrogen-bond acceptors (Lipinski definition) is 15. The first-order chi connectivity index (χ1) is 43.5. The maximum Gasteiger partial charge on any atom is 0.472 e. The van der Waals surface area contributed by atoms with E-state index in [9.17, 15) is 43.2 Å². The molecule has 0 rings (SSSR count). The molecule has 19 heteroatoms. The van der Waals surface area contributed by atoms with E-state index in [1.807, 2.05) is 0 Å². The van der Waals surface area contributed by atoms with Crippen molar-refractivity contribution in [1.82, 2.24) is 0 Å². The molecule has 0 saturated carbocycles. The Morgan fingerprint density at radius 1 is 0.300 bits per heavy atom. The van der Waals surface area contributed by atoms with Crippen molar-refractivity contribution < 1.29 is 80.2 Å². The van der Waals surface area contributed by atoms with Crippen molar-refractivity contribution in [2.24, 2.45) is 5.92 Å². The van der Waals surface area contributed by atoms with E-state index in [1.165, 1.54) is 193 Å². The van der Waals surface area contributed by atoms with Crippen LogP contribution in [0.2, 0.25) is 0 Å². The lowest BCUT2D eigenvalue weighted by Crippen LogP contribution is -2.30. The maximum absolute atomic E-state index is 13.0. The summed E-state index contributed by atoms with van der Waals surface area (Å²) in [6.45, 7) is 7.25. The van der Waals surface area contributed by atoms with Crippen LogP contribution in [0.3, 0.4) is 0 Å².